The second-order valence-electron chi connectivity index (χ2n) is 4.25. The molecule has 1 unspecified atom stereocenters. The molecule has 1 fully saturated rings. The molecule has 0 saturated heterocycles. The van der Waals surface area contributed by atoms with Crippen molar-refractivity contribution in [2.75, 3.05) is 12.8 Å². The first kappa shape index (κ1) is 16.4. The molecular formula is C11H24IN3S. The molecule has 0 spiro atoms. The molecule has 0 aromatic rings. The van der Waals surface area contributed by atoms with Gasteiger partial charge >= 0.3 is 0 Å². The zero-order chi connectivity index (χ0) is 11.1. The van der Waals surface area contributed by atoms with E-state index in [0.717, 1.165) is 6.54 Å². The number of nitrogens with zero attached hydrogens (tertiary/aromatic N) is 1. The fraction of sp³-hybridized carbons (Fsp3) is 0.909. The maximum Gasteiger partial charge on any atom is 0.188 e. The first-order valence-corrected chi connectivity index (χ1v) is 7.10. The Bertz CT molecular complexity index is 205. The Kier molecular flexibility index (Phi) is 9.59. The summed E-state index contributed by atoms with van der Waals surface area (Å²) in [5.41, 5.74) is 5.84. The maximum atomic E-state index is 5.84. The zero-order valence-corrected chi connectivity index (χ0v) is 13.4. The standard InChI is InChI=1S/C11H23N3S.HI/c1-9(15-2)8-13-11(12)14-10-6-4-3-5-7-10;/h9-10H,3-8H2,1-2H3,(H3,12,13,14);1H. The van der Waals surface area contributed by atoms with Crippen LogP contribution in [0.2, 0.25) is 0 Å². The molecule has 0 amide bonds. The van der Waals surface area contributed by atoms with Gasteiger partial charge in [-0.15, -0.1) is 24.0 Å². The van der Waals surface area contributed by atoms with E-state index in [4.69, 9.17) is 5.73 Å². The third-order valence-corrected chi connectivity index (χ3v) is 3.83. The Labute approximate surface area is 120 Å². The van der Waals surface area contributed by atoms with Gasteiger partial charge in [0, 0.05) is 11.3 Å². The van der Waals surface area contributed by atoms with Crippen LogP contribution in [-0.4, -0.2) is 30.1 Å². The minimum atomic E-state index is 0. The molecule has 0 bridgehead atoms. The van der Waals surface area contributed by atoms with E-state index in [-0.39, 0.29) is 24.0 Å². The van der Waals surface area contributed by atoms with E-state index >= 15 is 0 Å². The zero-order valence-electron chi connectivity index (χ0n) is 10.2. The summed E-state index contributed by atoms with van der Waals surface area (Å²) in [6.45, 7) is 2.98. The van der Waals surface area contributed by atoms with Crippen molar-refractivity contribution in [2.45, 2.75) is 50.3 Å². The van der Waals surface area contributed by atoms with Crippen LogP contribution in [0.4, 0.5) is 0 Å². The predicted octanol–water partition coefficient (Wildman–Crippen LogP) is 2.59. The number of guanidine groups is 1. The van der Waals surface area contributed by atoms with Gasteiger partial charge in [0.2, 0.25) is 0 Å². The minimum absolute atomic E-state index is 0. The average molecular weight is 357 g/mol. The van der Waals surface area contributed by atoms with Gasteiger partial charge in [-0.25, -0.2) is 0 Å². The van der Waals surface area contributed by atoms with Gasteiger partial charge in [-0.05, 0) is 19.1 Å². The molecule has 1 atom stereocenters. The Morgan fingerprint density at radius 2 is 2.06 bits per heavy atom. The number of aliphatic imine (C=N–C) groups is 1. The lowest BCUT2D eigenvalue weighted by Gasteiger charge is -2.23. The summed E-state index contributed by atoms with van der Waals surface area (Å²) in [7, 11) is 0. The summed E-state index contributed by atoms with van der Waals surface area (Å²) < 4.78 is 0. The van der Waals surface area contributed by atoms with E-state index in [1.165, 1.54) is 32.1 Å². The van der Waals surface area contributed by atoms with E-state index in [0.29, 0.717) is 17.3 Å². The molecule has 0 aromatic heterocycles. The predicted molar refractivity (Wildman–Crippen MR) is 84.9 cm³/mol. The number of nitrogens with two attached hydrogens (primary N) is 1. The lowest BCUT2D eigenvalue weighted by molar-refractivity contribution is 0.412. The van der Waals surface area contributed by atoms with Crippen LogP contribution in [0.5, 0.6) is 0 Å². The molecule has 16 heavy (non-hydrogen) atoms. The molecular weight excluding hydrogens is 333 g/mol. The number of hydrogen-bond donors (Lipinski definition) is 2. The number of hydrogen-bond acceptors (Lipinski definition) is 2. The van der Waals surface area contributed by atoms with Crippen LogP contribution in [0.1, 0.15) is 39.0 Å². The molecule has 0 aliphatic heterocycles. The van der Waals surface area contributed by atoms with Crippen LogP contribution in [0.25, 0.3) is 0 Å². The van der Waals surface area contributed by atoms with Gasteiger partial charge < -0.3 is 11.1 Å². The van der Waals surface area contributed by atoms with Crippen molar-refractivity contribution >= 4 is 41.7 Å². The first-order valence-electron chi connectivity index (χ1n) is 5.81. The van der Waals surface area contributed by atoms with E-state index < -0.39 is 0 Å². The number of thioether (sulfide) groups is 1. The third-order valence-electron chi connectivity index (χ3n) is 2.88. The third kappa shape index (κ3) is 6.83. The largest absolute Gasteiger partial charge is 0.370 e. The Morgan fingerprint density at radius 3 is 2.62 bits per heavy atom. The average Bonchev–Trinajstić information content (AvgIpc) is 2.27. The van der Waals surface area contributed by atoms with Crippen LogP contribution in [-0.2, 0) is 0 Å². The van der Waals surface area contributed by atoms with Crippen molar-refractivity contribution in [3.05, 3.63) is 0 Å². The monoisotopic (exact) mass is 357 g/mol. The van der Waals surface area contributed by atoms with Gasteiger partial charge in [-0.2, -0.15) is 11.8 Å². The second-order valence-corrected chi connectivity index (χ2v) is 5.53. The van der Waals surface area contributed by atoms with Crippen molar-refractivity contribution in [3.8, 4) is 0 Å². The number of halogens is 1. The van der Waals surface area contributed by atoms with E-state index in [1.54, 1.807) is 0 Å². The fourth-order valence-corrected chi connectivity index (χ4v) is 2.03. The SMILES string of the molecule is CSC(C)CN=C(N)NC1CCCCC1.I. The molecule has 1 saturated carbocycles. The van der Waals surface area contributed by atoms with Gasteiger partial charge in [0.1, 0.15) is 0 Å². The van der Waals surface area contributed by atoms with Crippen LogP contribution in [0.3, 0.4) is 0 Å². The smallest absolute Gasteiger partial charge is 0.188 e. The number of nitrogens with one attached hydrogen (secondary N) is 1. The maximum absolute atomic E-state index is 5.84. The van der Waals surface area contributed by atoms with Crippen LogP contribution < -0.4 is 11.1 Å². The van der Waals surface area contributed by atoms with Crippen LogP contribution in [0.15, 0.2) is 4.99 Å². The van der Waals surface area contributed by atoms with Crippen LogP contribution >= 0.6 is 35.7 Å². The van der Waals surface area contributed by atoms with Crippen molar-refractivity contribution in [1.29, 1.82) is 0 Å². The van der Waals surface area contributed by atoms with Crippen molar-refractivity contribution in [1.82, 2.24) is 5.32 Å². The Morgan fingerprint density at radius 1 is 1.44 bits per heavy atom. The topological polar surface area (TPSA) is 50.4 Å². The van der Waals surface area contributed by atoms with Crippen LogP contribution in [0, 0.1) is 0 Å². The molecule has 0 aromatic carbocycles. The molecule has 1 rings (SSSR count). The Balaban J connectivity index is 0.00000225. The van der Waals surface area contributed by atoms with Gasteiger partial charge in [0.25, 0.3) is 0 Å². The van der Waals surface area contributed by atoms with Gasteiger partial charge in [-0.3, -0.25) is 4.99 Å². The molecule has 3 N–H and O–H groups in total. The normalized spacial score (nSPS) is 20.0. The van der Waals surface area contributed by atoms with Crippen molar-refractivity contribution in [3.63, 3.8) is 0 Å². The molecule has 96 valence electrons. The highest BCUT2D eigenvalue weighted by Crippen LogP contribution is 2.17. The van der Waals surface area contributed by atoms with Gasteiger partial charge in [-0.1, -0.05) is 26.2 Å². The van der Waals surface area contributed by atoms with E-state index in [2.05, 4.69) is 23.5 Å². The molecule has 5 heteroatoms. The molecule has 0 radical (unpaired) electrons. The molecule has 1 aliphatic rings. The lowest BCUT2D eigenvalue weighted by Crippen LogP contribution is -2.41. The minimum Gasteiger partial charge on any atom is -0.370 e. The summed E-state index contributed by atoms with van der Waals surface area (Å²) in [5, 5.41) is 3.87. The van der Waals surface area contributed by atoms with E-state index in [9.17, 15) is 0 Å². The molecule has 0 heterocycles. The number of rotatable bonds is 4. The van der Waals surface area contributed by atoms with Crippen molar-refractivity contribution in [2.24, 2.45) is 10.7 Å². The second kappa shape index (κ2) is 9.39. The van der Waals surface area contributed by atoms with Gasteiger partial charge in [0.15, 0.2) is 5.96 Å². The quantitative estimate of drug-likeness (QED) is 0.462. The summed E-state index contributed by atoms with van der Waals surface area (Å²) >= 11 is 1.82. The van der Waals surface area contributed by atoms with Gasteiger partial charge in [0.05, 0.1) is 6.54 Å². The Hall–Kier alpha value is 0.350. The summed E-state index contributed by atoms with van der Waals surface area (Å²) in [6, 6.07) is 0.562. The highest BCUT2D eigenvalue weighted by Gasteiger charge is 2.13. The summed E-state index contributed by atoms with van der Waals surface area (Å²) in [5.74, 6) is 0.628. The van der Waals surface area contributed by atoms with E-state index in [1.807, 2.05) is 11.8 Å². The summed E-state index contributed by atoms with van der Waals surface area (Å²) in [6.07, 6.45) is 8.62. The lowest BCUT2D eigenvalue weighted by atomic mass is 9.96. The highest BCUT2D eigenvalue weighted by molar-refractivity contribution is 14.0. The summed E-state index contributed by atoms with van der Waals surface area (Å²) in [4.78, 5) is 4.35. The van der Waals surface area contributed by atoms with Crippen molar-refractivity contribution < 1.29 is 0 Å². The fourth-order valence-electron chi connectivity index (χ4n) is 1.80. The molecule has 3 nitrogen and oxygen atoms in total. The first-order chi connectivity index (χ1) is 7.22. The molecule has 1 aliphatic carbocycles. The highest BCUT2D eigenvalue weighted by atomic mass is 127.